The van der Waals surface area contributed by atoms with Gasteiger partial charge in [-0.1, -0.05) is 11.6 Å². The van der Waals surface area contributed by atoms with Gasteiger partial charge in [-0.3, -0.25) is 5.10 Å². The van der Waals surface area contributed by atoms with Crippen LogP contribution in [0.3, 0.4) is 0 Å². The molecule has 1 heterocycles. The lowest BCUT2D eigenvalue weighted by Crippen LogP contribution is -1.93. The molecule has 0 aliphatic rings. The number of hydrogen-bond acceptors (Lipinski definition) is 2. The zero-order chi connectivity index (χ0) is 8.43. The summed E-state index contributed by atoms with van der Waals surface area (Å²) in [6.45, 7) is 1.75. The molecule has 0 bridgehead atoms. The van der Waals surface area contributed by atoms with Gasteiger partial charge in [0.05, 0.1) is 22.2 Å². The lowest BCUT2D eigenvalue weighted by atomic mass is 10.4. The number of nitrogens with zero attached hydrogens (tertiary/aromatic N) is 1. The van der Waals surface area contributed by atoms with Crippen LogP contribution in [0.4, 0.5) is 0 Å². The lowest BCUT2D eigenvalue weighted by molar-refractivity contribution is 0.562. The van der Waals surface area contributed by atoms with Crippen molar-refractivity contribution in [2.45, 2.75) is 12.7 Å². The van der Waals surface area contributed by atoms with Crippen LogP contribution in [0.2, 0.25) is 5.02 Å². The topological polar surface area (TPSA) is 66.0 Å². The van der Waals surface area contributed by atoms with Gasteiger partial charge in [0, 0.05) is 0 Å². The van der Waals surface area contributed by atoms with Crippen LogP contribution in [0, 0.1) is 6.92 Å². The number of aromatic amines is 1. The van der Waals surface area contributed by atoms with E-state index in [1.807, 2.05) is 0 Å². The summed E-state index contributed by atoms with van der Waals surface area (Å²) in [6, 6.07) is 0. The standard InChI is InChI=1S/C5H7ClN2O2S/c1-3-5(6)4(8-7-3)2-11(9)10/h2H2,1H3,(H,7,8)(H,9,10). The van der Waals surface area contributed by atoms with E-state index in [-0.39, 0.29) is 5.75 Å². The molecule has 0 amide bonds. The van der Waals surface area contributed by atoms with Gasteiger partial charge in [0.1, 0.15) is 0 Å². The fraction of sp³-hybridized carbons (Fsp3) is 0.400. The summed E-state index contributed by atoms with van der Waals surface area (Å²) < 4.78 is 18.8. The predicted octanol–water partition coefficient (Wildman–Crippen LogP) is 1.09. The van der Waals surface area contributed by atoms with Gasteiger partial charge in [0.15, 0.2) is 11.1 Å². The number of halogens is 1. The van der Waals surface area contributed by atoms with Crippen LogP contribution in [0.25, 0.3) is 0 Å². The highest BCUT2D eigenvalue weighted by molar-refractivity contribution is 7.78. The third kappa shape index (κ3) is 2.02. The summed E-state index contributed by atoms with van der Waals surface area (Å²) in [7, 11) is 0. The molecule has 1 aromatic rings. The molecule has 0 saturated heterocycles. The second kappa shape index (κ2) is 3.34. The monoisotopic (exact) mass is 194 g/mol. The molecule has 0 fully saturated rings. The smallest absolute Gasteiger partial charge is 0.159 e. The molecular formula is C5H7ClN2O2S. The van der Waals surface area contributed by atoms with Gasteiger partial charge in [-0.25, -0.2) is 4.21 Å². The summed E-state index contributed by atoms with van der Waals surface area (Å²) in [4.78, 5) is 0. The van der Waals surface area contributed by atoms with Crippen LogP contribution in [0.1, 0.15) is 11.4 Å². The number of nitrogens with one attached hydrogen (secondary N) is 1. The van der Waals surface area contributed by atoms with Gasteiger partial charge >= 0.3 is 0 Å². The van der Waals surface area contributed by atoms with Crippen molar-refractivity contribution in [2.75, 3.05) is 0 Å². The summed E-state index contributed by atoms with van der Waals surface area (Å²) in [5.41, 5.74) is 1.15. The fourth-order valence-corrected chi connectivity index (χ4v) is 1.35. The van der Waals surface area contributed by atoms with Crippen molar-refractivity contribution in [2.24, 2.45) is 0 Å². The van der Waals surface area contributed by atoms with Gasteiger partial charge in [-0.15, -0.1) is 0 Å². The number of aromatic nitrogens is 2. The highest BCUT2D eigenvalue weighted by Gasteiger charge is 2.09. The van der Waals surface area contributed by atoms with Gasteiger partial charge in [-0.2, -0.15) is 5.10 Å². The number of aryl methyl sites for hydroxylation is 1. The normalized spacial score (nSPS) is 13.4. The lowest BCUT2D eigenvalue weighted by Gasteiger charge is -1.89. The Hall–Kier alpha value is -0.390. The quantitative estimate of drug-likeness (QED) is 0.693. The molecule has 0 aliphatic heterocycles. The number of rotatable bonds is 2. The Morgan fingerprint density at radius 2 is 2.45 bits per heavy atom. The van der Waals surface area contributed by atoms with E-state index in [9.17, 15) is 4.21 Å². The highest BCUT2D eigenvalue weighted by Crippen LogP contribution is 2.17. The van der Waals surface area contributed by atoms with E-state index in [0.29, 0.717) is 16.4 Å². The molecule has 1 unspecified atom stereocenters. The third-order valence-corrected chi connectivity index (χ3v) is 2.22. The van der Waals surface area contributed by atoms with Crippen LogP contribution in [0.5, 0.6) is 0 Å². The minimum absolute atomic E-state index is 0.0246. The van der Waals surface area contributed by atoms with Gasteiger partial charge in [0.25, 0.3) is 0 Å². The van der Waals surface area contributed by atoms with Crippen LogP contribution in [-0.4, -0.2) is 19.0 Å². The molecule has 0 saturated carbocycles. The number of H-pyrrole nitrogens is 1. The number of hydrogen-bond donors (Lipinski definition) is 2. The van der Waals surface area contributed by atoms with Crippen molar-refractivity contribution in [3.8, 4) is 0 Å². The molecule has 6 heteroatoms. The molecule has 1 aromatic heterocycles. The zero-order valence-corrected chi connectivity index (χ0v) is 7.37. The highest BCUT2D eigenvalue weighted by atomic mass is 35.5. The van der Waals surface area contributed by atoms with Crippen molar-refractivity contribution in [3.05, 3.63) is 16.4 Å². The maximum Gasteiger partial charge on any atom is 0.159 e. The Bertz CT molecular complexity index is 286. The average Bonchev–Trinajstić information content (AvgIpc) is 2.18. The Morgan fingerprint density at radius 3 is 2.82 bits per heavy atom. The van der Waals surface area contributed by atoms with Crippen molar-refractivity contribution in [1.29, 1.82) is 0 Å². The van der Waals surface area contributed by atoms with Crippen molar-refractivity contribution >= 4 is 22.7 Å². The molecule has 0 aromatic carbocycles. The third-order valence-electron chi connectivity index (χ3n) is 1.20. The first-order valence-corrected chi connectivity index (χ1v) is 4.53. The SMILES string of the molecule is Cc1[nH]nc(CS(=O)O)c1Cl. The molecule has 1 atom stereocenters. The Morgan fingerprint density at radius 1 is 1.82 bits per heavy atom. The minimum Gasteiger partial charge on any atom is -0.306 e. The first-order valence-electron chi connectivity index (χ1n) is 2.88. The molecule has 62 valence electrons. The second-order valence-electron chi connectivity index (χ2n) is 2.08. The summed E-state index contributed by atoms with van der Waals surface area (Å²) in [6.07, 6.45) is 0. The zero-order valence-electron chi connectivity index (χ0n) is 5.80. The summed E-state index contributed by atoms with van der Waals surface area (Å²) >= 11 is 3.83. The second-order valence-corrected chi connectivity index (χ2v) is 3.38. The van der Waals surface area contributed by atoms with Crippen molar-refractivity contribution in [3.63, 3.8) is 0 Å². The molecule has 1 rings (SSSR count). The van der Waals surface area contributed by atoms with E-state index >= 15 is 0 Å². The van der Waals surface area contributed by atoms with E-state index in [4.69, 9.17) is 16.2 Å². The van der Waals surface area contributed by atoms with Crippen LogP contribution in [0.15, 0.2) is 0 Å². The fourth-order valence-electron chi connectivity index (χ4n) is 0.679. The first kappa shape index (κ1) is 8.70. The average molecular weight is 195 g/mol. The Labute approximate surface area is 71.2 Å². The molecular weight excluding hydrogens is 188 g/mol. The molecule has 11 heavy (non-hydrogen) atoms. The predicted molar refractivity (Wildman–Crippen MR) is 42.8 cm³/mol. The maximum absolute atomic E-state index is 10.3. The van der Waals surface area contributed by atoms with E-state index < -0.39 is 11.1 Å². The van der Waals surface area contributed by atoms with Crippen molar-refractivity contribution < 1.29 is 8.76 Å². The maximum atomic E-state index is 10.3. The molecule has 0 spiro atoms. The van der Waals surface area contributed by atoms with Gasteiger partial charge < -0.3 is 4.55 Å². The van der Waals surface area contributed by atoms with Crippen LogP contribution >= 0.6 is 11.6 Å². The van der Waals surface area contributed by atoms with Crippen LogP contribution < -0.4 is 0 Å². The van der Waals surface area contributed by atoms with Gasteiger partial charge in [-0.05, 0) is 6.92 Å². The molecule has 2 N–H and O–H groups in total. The van der Waals surface area contributed by atoms with E-state index in [1.54, 1.807) is 6.92 Å². The minimum atomic E-state index is -1.88. The largest absolute Gasteiger partial charge is 0.306 e. The molecule has 0 radical (unpaired) electrons. The van der Waals surface area contributed by atoms with E-state index in [2.05, 4.69) is 10.2 Å². The van der Waals surface area contributed by atoms with E-state index in [0.717, 1.165) is 0 Å². The van der Waals surface area contributed by atoms with Crippen LogP contribution in [-0.2, 0) is 16.8 Å². The summed E-state index contributed by atoms with van der Waals surface area (Å²) in [5, 5.41) is 6.80. The van der Waals surface area contributed by atoms with E-state index in [1.165, 1.54) is 0 Å². The first-order chi connectivity index (χ1) is 5.11. The Kier molecular flexibility index (Phi) is 2.64. The van der Waals surface area contributed by atoms with Gasteiger partial charge in [0.2, 0.25) is 0 Å². The van der Waals surface area contributed by atoms with Crippen molar-refractivity contribution in [1.82, 2.24) is 10.2 Å². The summed E-state index contributed by atoms with van der Waals surface area (Å²) in [5.74, 6) is -0.0246. The molecule has 4 nitrogen and oxygen atoms in total. The molecule has 0 aliphatic carbocycles. The Balaban J connectivity index is 2.87.